The monoisotopic (exact) mass is 340 g/mol. The van der Waals surface area contributed by atoms with E-state index < -0.39 is 10.0 Å². The lowest BCUT2D eigenvalue weighted by molar-refractivity contribution is -0.114. The zero-order valence-corrected chi connectivity index (χ0v) is 13.0. The molecular formula is C9H13ClN4O4S2. The normalized spacial score (nSPS) is 20.8. The standard InChI is InChI=1S/C9H13ClN4O4S2/c1-6(15)11-8-12-13-9(19-8)20(16,17)14-2-3-18-7(4-10)5-14/h7H,2-5H2,1H3,(H,11,12,15). The van der Waals surface area contributed by atoms with Gasteiger partial charge < -0.3 is 10.1 Å². The second-order valence-electron chi connectivity index (χ2n) is 4.06. The van der Waals surface area contributed by atoms with Crippen LogP contribution in [0.1, 0.15) is 6.92 Å². The van der Waals surface area contributed by atoms with Crippen molar-refractivity contribution in [3.8, 4) is 0 Å². The van der Waals surface area contributed by atoms with Crippen LogP contribution in [-0.4, -0.2) is 60.5 Å². The molecule has 1 amide bonds. The number of morpholine rings is 1. The first-order chi connectivity index (χ1) is 9.43. The highest BCUT2D eigenvalue weighted by Gasteiger charge is 2.33. The molecule has 0 aromatic carbocycles. The summed E-state index contributed by atoms with van der Waals surface area (Å²) in [5.41, 5.74) is 0. The van der Waals surface area contributed by atoms with Crippen molar-refractivity contribution >= 4 is 44.0 Å². The summed E-state index contributed by atoms with van der Waals surface area (Å²) in [6.45, 7) is 2.02. The van der Waals surface area contributed by atoms with Gasteiger partial charge in [-0.25, -0.2) is 8.42 Å². The van der Waals surface area contributed by atoms with Crippen molar-refractivity contribution in [1.82, 2.24) is 14.5 Å². The molecular weight excluding hydrogens is 328 g/mol. The number of rotatable bonds is 4. The third-order valence-corrected chi connectivity index (χ3v) is 5.92. The summed E-state index contributed by atoms with van der Waals surface area (Å²) in [6, 6.07) is 0. The quantitative estimate of drug-likeness (QED) is 0.617. The number of alkyl halides is 1. The highest BCUT2D eigenvalue weighted by molar-refractivity contribution is 7.91. The van der Waals surface area contributed by atoms with E-state index in [4.69, 9.17) is 16.3 Å². The van der Waals surface area contributed by atoms with E-state index in [0.29, 0.717) is 0 Å². The number of ether oxygens (including phenoxy) is 1. The fraction of sp³-hybridized carbons (Fsp3) is 0.667. The molecule has 112 valence electrons. The predicted molar refractivity (Wildman–Crippen MR) is 73.4 cm³/mol. The molecule has 1 aliphatic heterocycles. The molecule has 0 saturated carbocycles. The Morgan fingerprint density at radius 2 is 2.35 bits per heavy atom. The largest absolute Gasteiger partial charge is 0.374 e. The number of sulfonamides is 1. The van der Waals surface area contributed by atoms with E-state index in [1.54, 1.807) is 0 Å². The fourth-order valence-corrected chi connectivity index (χ4v) is 4.36. The van der Waals surface area contributed by atoms with E-state index in [1.807, 2.05) is 0 Å². The molecule has 0 aliphatic carbocycles. The number of halogens is 1. The number of amides is 1. The van der Waals surface area contributed by atoms with Crippen molar-refractivity contribution in [2.45, 2.75) is 17.4 Å². The molecule has 1 aromatic heterocycles. The molecule has 1 aliphatic rings. The van der Waals surface area contributed by atoms with Crippen LogP contribution in [0.4, 0.5) is 5.13 Å². The average Bonchev–Trinajstić information content (AvgIpc) is 2.87. The second-order valence-corrected chi connectivity index (χ2v) is 7.46. The number of aromatic nitrogens is 2. The Labute approximate surface area is 125 Å². The van der Waals surface area contributed by atoms with Gasteiger partial charge in [0, 0.05) is 25.9 Å². The van der Waals surface area contributed by atoms with Gasteiger partial charge in [-0.3, -0.25) is 4.79 Å². The lowest BCUT2D eigenvalue weighted by Crippen LogP contribution is -2.46. The molecule has 1 aromatic rings. The van der Waals surface area contributed by atoms with Crippen LogP contribution in [0, 0.1) is 0 Å². The zero-order valence-electron chi connectivity index (χ0n) is 10.6. The van der Waals surface area contributed by atoms with Crippen LogP contribution in [0.15, 0.2) is 4.34 Å². The van der Waals surface area contributed by atoms with Crippen molar-refractivity contribution in [2.24, 2.45) is 0 Å². The summed E-state index contributed by atoms with van der Waals surface area (Å²) in [7, 11) is -3.73. The van der Waals surface area contributed by atoms with Gasteiger partial charge in [0.25, 0.3) is 10.0 Å². The van der Waals surface area contributed by atoms with E-state index in [9.17, 15) is 13.2 Å². The zero-order chi connectivity index (χ0) is 14.8. The van der Waals surface area contributed by atoms with Gasteiger partial charge in [0.05, 0.1) is 12.7 Å². The van der Waals surface area contributed by atoms with E-state index >= 15 is 0 Å². The van der Waals surface area contributed by atoms with E-state index in [0.717, 1.165) is 11.3 Å². The van der Waals surface area contributed by atoms with Crippen molar-refractivity contribution < 1.29 is 17.9 Å². The van der Waals surface area contributed by atoms with Gasteiger partial charge in [-0.15, -0.1) is 21.8 Å². The summed E-state index contributed by atoms with van der Waals surface area (Å²) < 4.78 is 31.2. The highest BCUT2D eigenvalue weighted by atomic mass is 35.5. The number of anilines is 1. The Morgan fingerprint density at radius 3 is 3.00 bits per heavy atom. The molecule has 0 bridgehead atoms. The first kappa shape index (κ1) is 15.6. The second kappa shape index (κ2) is 6.31. The minimum absolute atomic E-state index is 0.151. The number of carbonyl (C=O) groups is 1. The number of hydrogen-bond acceptors (Lipinski definition) is 7. The van der Waals surface area contributed by atoms with Gasteiger partial charge in [-0.2, -0.15) is 4.31 Å². The third-order valence-electron chi connectivity index (χ3n) is 2.52. The molecule has 1 fully saturated rings. The van der Waals surface area contributed by atoms with Crippen molar-refractivity contribution in [3.05, 3.63) is 0 Å². The molecule has 1 atom stereocenters. The molecule has 0 spiro atoms. The van der Waals surface area contributed by atoms with Crippen LogP contribution in [0.25, 0.3) is 0 Å². The van der Waals surface area contributed by atoms with Crippen molar-refractivity contribution in [2.75, 3.05) is 30.9 Å². The van der Waals surface area contributed by atoms with Crippen molar-refractivity contribution in [3.63, 3.8) is 0 Å². The highest BCUT2D eigenvalue weighted by Crippen LogP contribution is 2.24. The topological polar surface area (TPSA) is 101 Å². The van der Waals surface area contributed by atoms with Gasteiger partial charge >= 0.3 is 0 Å². The van der Waals surface area contributed by atoms with Gasteiger partial charge in [0.1, 0.15) is 0 Å². The van der Waals surface area contributed by atoms with Crippen LogP contribution in [0.2, 0.25) is 0 Å². The van der Waals surface area contributed by atoms with Crippen LogP contribution >= 0.6 is 22.9 Å². The molecule has 1 saturated heterocycles. The molecule has 2 heterocycles. The van der Waals surface area contributed by atoms with Crippen LogP contribution in [0.3, 0.4) is 0 Å². The molecule has 8 nitrogen and oxygen atoms in total. The first-order valence-corrected chi connectivity index (χ1v) is 8.51. The van der Waals surface area contributed by atoms with Crippen LogP contribution in [-0.2, 0) is 19.6 Å². The van der Waals surface area contributed by atoms with E-state index in [-0.39, 0.29) is 47.1 Å². The van der Waals surface area contributed by atoms with Crippen molar-refractivity contribution in [1.29, 1.82) is 0 Å². The molecule has 20 heavy (non-hydrogen) atoms. The Kier molecular flexibility index (Phi) is 4.91. The summed E-state index contributed by atoms with van der Waals surface area (Å²) in [5.74, 6) is -0.113. The SMILES string of the molecule is CC(=O)Nc1nnc(S(=O)(=O)N2CCOC(CCl)C2)s1. The summed E-state index contributed by atoms with van der Waals surface area (Å²) in [6.07, 6.45) is -0.331. The minimum Gasteiger partial charge on any atom is -0.374 e. The van der Waals surface area contributed by atoms with Gasteiger partial charge in [0.2, 0.25) is 15.4 Å². The number of hydrogen-bond donors (Lipinski definition) is 1. The average molecular weight is 341 g/mol. The Bertz CT molecular complexity index is 591. The van der Waals surface area contributed by atoms with E-state index in [2.05, 4.69) is 15.5 Å². The van der Waals surface area contributed by atoms with Gasteiger partial charge in [-0.05, 0) is 0 Å². The van der Waals surface area contributed by atoms with Crippen LogP contribution in [0.5, 0.6) is 0 Å². The maximum absolute atomic E-state index is 12.4. The molecule has 2 rings (SSSR count). The lowest BCUT2D eigenvalue weighted by Gasteiger charge is -2.30. The van der Waals surface area contributed by atoms with E-state index in [1.165, 1.54) is 11.2 Å². The van der Waals surface area contributed by atoms with Gasteiger partial charge in [0.15, 0.2) is 0 Å². The summed E-state index contributed by atoms with van der Waals surface area (Å²) in [5, 5.41) is 9.80. The molecule has 1 N–H and O–H groups in total. The fourth-order valence-electron chi connectivity index (χ4n) is 1.63. The first-order valence-electron chi connectivity index (χ1n) is 5.72. The smallest absolute Gasteiger partial charge is 0.272 e. The Morgan fingerprint density at radius 1 is 1.60 bits per heavy atom. The molecule has 0 radical (unpaired) electrons. The Hall–Kier alpha value is -0.810. The number of carbonyl (C=O) groups excluding carboxylic acids is 1. The maximum Gasteiger partial charge on any atom is 0.272 e. The Balaban J connectivity index is 2.17. The minimum atomic E-state index is -3.73. The van der Waals surface area contributed by atoms with Crippen LogP contribution < -0.4 is 5.32 Å². The maximum atomic E-state index is 12.4. The molecule has 1 unspecified atom stereocenters. The van der Waals surface area contributed by atoms with Gasteiger partial charge in [-0.1, -0.05) is 11.3 Å². The summed E-state index contributed by atoms with van der Waals surface area (Å²) >= 11 is 6.50. The number of nitrogens with zero attached hydrogens (tertiary/aromatic N) is 3. The number of nitrogens with one attached hydrogen (secondary N) is 1. The molecule has 11 heteroatoms. The lowest BCUT2D eigenvalue weighted by atomic mass is 10.3. The summed E-state index contributed by atoms with van der Waals surface area (Å²) in [4.78, 5) is 10.9. The predicted octanol–water partition coefficient (Wildman–Crippen LogP) is 0.125. The third kappa shape index (κ3) is 3.44.